The van der Waals surface area contributed by atoms with Gasteiger partial charge in [-0.05, 0) is 42.3 Å². The zero-order valence-electron chi connectivity index (χ0n) is 16.6. The van der Waals surface area contributed by atoms with E-state index in [1.54, 1.807) is 23.5 Å². The minimum Gasteiger partial charge on any atom is -0.467 e. The highest BCUT2D eigenvalue weighted by molar-refractivity contribution is 7.90. The Labute approximate surface area is 175 Å². The SMILES string of the molecule is C=C(C)N1CCC(Oc2nc3ccc(-c4ccc(S(C)(=O)=O)cc4)cc3s2)CC1. The number of aromatic nitrogens is 1. The number of nitrogens with zero attached hydrogens (tertiary/aromatic N) is 2. The van der Waals surface area contributed by atoms with E-state index in [9.17, 15) is 8.42 Å². The average molecular weight is 429 g/mol. The van der Waals surface area contributed by atoms with Gasteiger partial charge in [-0.2, -0.15) is 0 Å². The first-order valence-corrected chi connectivity index (χ1v) is 12.3. The Morgan fingerprint density at radius 2 is 1.79 bits per heavy atom. The van der Waals surface area contributed by atoms with Crippen LogP contribution < -0.4 is 4.74 Å². The van der Waals surface area contributed by atoms with Crippen LogP contribution in [0.4, 0.5) is 0 Å². The molecule has 3 aromatic rings. The van der Waals surface area contributed by atoms with E-state index in [2.05, 4.69) is 22.5 Å². The molecule has 0 radical (unpaired) electrons. The van der Waals surface area contributed by atoms with E-state index in [0.717, 1.165) is 53.0 Å². The summed E-state index contributed by atoms with van der Waals surface area (Å²) < 4.78 is 30.5. The summed E-state index contributed by atoms with van der Waals surface area (Å²) in [5.74, 6) is 0. The third-order valence-corrected chi connectivity index (χ3v) is 7.27. The fraction of sp³-hybridized carbons (Fsp3) is 0.318. The molecule has 1 fully saturated rings. The molecule has 0 N–H and O–H groups in total. The zero-order chi connectivity index (χ0) is 20.6. The van der Waals surface area contributed by atoms with E-state index in [4.69, 9.17) is 4.74 Å². The molecule has 7 heteroatoms. The molecular weight excluding hydrogens is 404 g/mol. The second kappa shape index (κ2) is 7.80. The molecule has 0 spiro atoms. The van der Waals surface area contributed by atoms with Crippen molar-refractivity contribution in [2.24, 2.45) is 0 Å². The van der Waals surface area contributed by atoms with Crippen molar-refractivity contribution in [2.75, 3.05) is 19.3 Å². The number of hydrogen-bond donors (Lipinski definition) is 0. The molecule has 0 aliphatic carbocycles. The molecule has 0 unspecified atom stereocenters. The lowest BCUT2D eigenvalue weighted by atomic mass is 10.1. The summed E-state index contributed by atoms with van der Waals surface area (Å²) in [5.41, 5.74) is 4.03. The predicted molar refractivity (Wildman–Crippen MR) is 118 cm³/mol. The second-order valence-electron chi connectivity index (χ2n) is 7.50. The minimum absolute atomic E-state index is 0.189. The Morgan fingerprint density at radius 3 is 2.41 bits per heavy atom. The normalized spacial score (nSPS) is 15.6. The highest BCUT2D eigenvalue weighted by Gasteiger charge is 2.21. The summed E-state index contributed by atoms with van der Waals surface area (Å²) in [6.07, 6.45) is 3.35. The summed E-state index contributed by atoms with van der Waals surface area (Å²) in [5, 5.41) is 0.707. The van der Waals surface area contributed by atoms with Gasteiger partial charge in [-0.3, -0.25) is 0 Å². The molecule has 0 atom stereocenters. The number of ether oxygens (including phenoxy) is 1. The van der Waals surface area contributed by atoms with Gasteiger partial charge in [-0.1, -0.05) is 36.1 Å². The maximum Gasteiger partial charge on any atom is 0.274 e. The van der Waals surface area contributed by atoms with Gasteiger partial charge in [-0.25, -0.2) is 13.4 Å². The number of allylic oxidation sites excluding steroid dienone is 1. The number of likely N-dealkylation sites (tertiary alicyclic amines) is 1. The zero-order valence-corrected chi connectivity index (χ0v) is 18.2. The summed E-state index contributed by atoms with van der Waals surface area (Å²) in [6.45, 7) is 8.00. The van der Waals surface area contributed by atoms with Gasteiger partial charge in [-0.15, -0.1) is 0 Å². The second-order valence-corrected chi connectivity index (χ2v) is 10.5. The van der Waals surface area contributed by atoms with E-state index in [-0.39, 0.29) is 6.10 Å². The predicted octanol–water partition coefficient (Wildman–Crippen LogP) is 4.74. The van der Waals surface area contributed by atoms with Crippen molar-refractivity contribution in [1.29, 1.82) is 0 Å². The van der Waals surface area contributed by atoms with Crippen LogP contribution in [0.5, 0.6) is 5.19 Å². The molecule has 152 valence electrons. The van der Waals surface area contributed by atoms with Crippen molar-refractivity contribution >= 4 is 31.4 Å². The van der Waals surface area contributed by atoms with Crippen LogP contribution in [-0.2, 0) is 9.84 Å². The standard InChI is InChI=1S/C22H24N2O3S2/c1-15(2)24-12-10-18(11-13-24)27-22-23-20-9-6-17(14-21(20)28-22)16-4-7-19(8-5-16)29(3,25)26/h4-9,14,18H,1,10-13H2,2-3H3. The van der Waals surface area contributed by atoms with Crippen molar-refractivity contribution in [2.45, 2.75) is 30.8 Å². The lowest BCUT2D eigenvalue weighted by molar-refractivity contribution is 0.117. The fourth-order valence-corrected chi connectivity index (χ4v) is 5.08. The van der Waals surface area contributed by atoms with Crippen molar-refractivity contribution in [3.8, 4) is 16.3 Å². The smallest absolute Gasteiger partial charge is 0.274 e. The number of benzene rings is 2. The topological polar surface area (TPSA) is 59.5 Å². The monoisotopic (exact) mass is 428 g/mol. The number of fused-ring (bicyclic) bond motifs is 1. The van der Waals surface area contributed by atoms with Crippen LogP contribution in [0.3, 0.4) is 0 Å². The Hall–Kier alpha value is -2.38. The summed E-state index contributed by atoms with van der Waals surface area (Å²) in [7, 11) is -3.19. The van der Waals surface area contributed by atoms with Crippen LogP contribution in [0.25, 0.3) is 21.3 Å². The molecule has 1 aliphatic rings. The lowest BCUT2D eigenvalue weighted by Gasteiger charge is -2.33. The van der Waals surface area contributed by atoms with Crippen LogP contribution in [0.15, 0.2) is 59.6 Å². The molecule has 0 bridgehead atoms. The average Bonchev–Trinajstić information content (AvgIpc) is 3.09. The first-order valence-electron chi connectivity index (χ1n) is 9.58. The largest absolute Gasteiger partial charge is 0.467 e. The third-order valence-electron chi connectivity index (χ3n) is 5.23. The van der Waals surface area contributed by atoms with E-state index in [0.29, 0.717) is 10.1 Å². The van der Waals surface area contributed by atoms with Crippen LogP contribution in [-0.4, -0.2) is 43.8 Å². The van der Waals surface area contributed by atoms with Crippen LogP contribution in [0, 0.1) is 0 Å². The number of rotatable bonds is 5. The van der Waals surface area contributed by atoms with Gasteiger partial charge in [0.25, 0.3) is 5.19 Å². The first kappa shape index (κ1) is 19.9. The highest BCUT2D eigenvalue weighted by Crippen LogP contribution is 2.33. The Kier molecular flexibility index (Phi) is 5.36. The number of hydrogen-bond acceptors (Lipinski definition) is 6. The van der Waals surface area contributed by atoms with Gasteiger partial charge in [0.2, 0.25) is 0 Å². The van der Waals surface area contributed by atoms with Crippen LogP contribution in [0.2, 0.25) is 0 Å². The molecule has 1 aliphatic heterocycles. The third kappa shape index (κ3) is 4.46. The quantitative estimate of drug-likeness (QED) is 0.587. The first-order chi connectivity index (χ1) is 13.8. The van der Waals surface area contributed by atoms with Gasteiger partial charge in [0, 0.05) is 37.9 Å². The molecular formula is C22H24N2O3S2. The van der Waals surface area contributed by atoms with Crippen LogP contribution in [0.1, 0.15) is 19.8 Å². The molecule has 1 aromatic heterocycles. The van der Waals surface area contributed by atoms with Crippen molar-refractivity contribution < 1.29 is 13.2 Å². The minimum atomic E-state index is -3.19. The number of thiazole rings is 1. The Morgan fingerprint density at radius 1 is 1.14 bits per heavy atom. The van der Waals surface area contributed by atoms with Gasteiger partial charge in [0.1, 0.15) is 6.10 Å². The Balaban J connectivity index is 1.50. The van der Waals surface area contributed by atoms with E-state index in [1.165, 1.54) is 6.26 Å². The summed E-state index contributed by atoms with van der Waals surface area (Å²) in [4.78, 5) is 7.25. The van der Waals surface area contributed by atoms with E-state index < -0.39 is 9.84 Å². The molecule has 2 heterocycles. The molecule has 1 saturated heterocycles. The summed E-state index contributed by atoms with van der Waals surface area (Å²) in [6, 6.07) is 13.0. The van der Waals surface area contributed by atoms with E-state index in [1.807, 2.05) is 31.2 Å². The number of sulfone groups is 1. The maximum absolute atomic E-state index is 11.6. The summed E-state index contributed by atoms with van der Waals surface area (Å²) >= 11 is 1.55. The van der Waals surface area contributed by atoms with Gasteiger partial charge in [0.05, 0.1) is 15.1 Å². The van der Waals surface area contributed by atoms with Gasteiger partial charge in [0.15, 0.2) is 9.84 Å². The van der Waals surface area contributed by atoms with E-state index >= 15 is 0 Å². The molecule has 0 amide bonds. The molecule has 4 rings (SSSR count). The molecule has 2 aromatic carbocycles. The van der Waals surface area contributed by atoms with Gasteiger partial charge < -0.3 is 9.64 Å². The maximum atomic E-state index is 11.6. The fourth-order valence-electron chi connectivity index (χ4n) is 3.53. The molecule has 0 saturated carbocycles. The Bertz CT molecular complexity index is 1140. The van der Waals surface area contributed by atoms with Crippen LogP contribution >= 0.6 is 11.3 Å². The van der Waals surface area contributed by atoms with Gasteiger partial charge >= 0.3 is 0 Å². The molecule has 29 heavy (non-hydrogen) atoms. The highest BCUT2D eigenvalue weighted by atomic mass is 32.2. The lowest BCUT2D eigenvalue weighted by Crippen LogP contribution is -2.36. The molecule has 5 nitrogen and oxygen atoms in total. The van der Waals surface area contributed by atoms with Crippen molar-refractivity contribution in [3.63, 3.8) is 0 Å². The van der Waals surface area contributed by atoms with Crippen molar-refractivity contribution in [1.82, 2.24) is 9.88 Å². The number of piperidine rings is 1. The van der Waals surface area contributed by atoms with Crippen molar-refractivity contribution in [3.05, 3.63) is 54.7 Å².